The number of carbonyl (C=O) groups excluding carboxylic acids is 1. The number of likely N-dealkylation sites (N-methyl/N-ethyl adjacent to an activating group) is 1. The number of carbonyl (C=O) groups is 1. The summed E-state index contributed by atoms with van der Waals surface area (Å²) in [6.45, 7) is 0.672. The molecule has 1 amide bonds. The molecule has 0 radical (unpaired) electrons. The first-order chi connectivity index (χ1) is 11.1. The molecule has 0 aliphatic rings. The van der Waals surface area contributed by atoms with E-state index in [2.05, 4.69) is 0 Å². The highest BCUT2D eigenvalue weighted by molar-refractivity contribution is 5.83. The average molecular weight is 314 g/mol. The minimum absolute atomic E-state index is 0.0364. The lowest BCUT2D eigenvalue weighted by Crippen LogP contribution is -2.34. The minimum Gasteiger partial charge on any atom is -0.504 e. The zero-order chi connectivity index (χ0) is 16.8. The van der Waals surface area contributed by atoms with Crippen LogP contribution in [0.2, 0.25) is 0 Å². The van der Waals surface area contributed by atoms with Gasteiger partial charge >= 0.3 is 0 Å². The van der Waals surface area contributed by atoms with Crippen LogP contribution in [-0.4, -0.2) is 36.6 Å². The van der Waals surface area contributed by atoms with Crippen LogP contribution >= 0.6 is 0 Å². The zero-order valence-electron chi connectivity index (χ0n) is 13.4. The van der Waals surface area contributed by atoms with Crippen molar-refractivity contribution in [3.63, 3.8) is 0 Å². The third-order valence-corrected chi connectivity index (χ3v) is 3.78. The summed E-state index contributed by atoms with van der Waals surface area (Å²) < 4.78 is 5.09. The first-order valence-electron chi connectivity index (χ1n) is 7.42. The topological polar surface area (TPSA) is 75.8 Å². The number of aromatic hydroxyl groups is 1. The van der Waals surface area contributed by atoms with E-state index in [-0.39, 0.29) is 24.1 Å². The van der Waals surface area contributed by atoms with Crippen LogP contribution in [0.15, 0.2) is 48.5 Å². The van der Waals surface area contributed by atoms with Crippen LogP contribution in [0, 0.1) is 0 Å². The Bertz CT molecular complexity index is 659. The second-order valence-corrected chi connectivity index (χ2v) is 5.40. The minimum atomic E-state index is -0.361. The lowest BCUT2D eigenvalue weighted by atomic mass is 9.97. The smallest absolute Gasteiger partial charge is 0.231 e. The molecule has 0 aromatic heterocycles. The largest absolute Gasteiger partial charge is 0.504 e. The van der Waals surface area contributed by atoms with Gasteiger partial charge in [-0.3, -0.25) is 4.79 Å². The number of hydrogen-bond acceptors (Lipinski definition) is 4. The molecule has 0 bridgehead atoms. The van der Waals surface area contributed by atoms with Gasteiger partial charge in [0.1, 0.15) is 0 Å². The van der Waals surface area contributed by atoms with Crippen molar-refractivity contribution >= 4 is 5.91 Å². The van der Waals surface area contributed by atoms with Gasteiger partial charge < -0.3 is 20.5 Å². The van der Waals surface area contributed by atoms with Gasteiger partial charge in [0.2, 0.25) is 5.91 Å². The van der Waals surface area contributed by atoms with E-state index in [1.54, 1.807) is 30.1 Å². The molecule has 1 unspecified atom stereocenters. The van der Waals surface area contributed by atoms with E-state index >= 15 is 0 Å². The summed E-state index contributed by atoms with van der Waals surface area (Å²) in [5, 5.41) is 9.63. The molecule has 0 saturated carbocycles. The molecule has 0 aliphatic carbocycles. The van der Waals surface area contributed by atoms with Gasteiger partial charge in [0.15, 0.2) is 11.5 Å². The second-order valence-electron chi connectivity index (χ2n) is 5.40. The van der Waals surface area contributed by atoms with Crippen LogP contribution in [0.3, 0.4) is 0 Å². The molecule has 0 heterocycles. The van der Waals surface area contributed by atoms with Gasteiger partial charge in [-0.2, -0.15) is 0 Å². The van der Waals surface area contributed by atoms with Crippen LogP contribution in [0.4, 0.5) is 0 Å². The Balaban J connectivity index is 2.13. The molecule has 23 heavy (non-hydrogen) atoms. The van der Waals surface area contributed by atoms with E-state index in [9.17, 15) is 9.90 Å². The number of hydrogen-bond donors (Lipinski definition) is 2. The summed E-state index contributed by atoms with van der Waals surface area (Å²) in [7, 11) is 3.24. The SMILES string of the molecule is COc1cc(CN(C)C(=O)C(CN)c2ccccc2)ccc1O. The number of benzene rings is 2. The second kappa shape index (κ2) is 7.65. The first kappa shape index (κ1) is 16.8. The molecule has 2 aromatic rings. The lowest BCUT2D eigenvalue weighted by molar-refractivity contribution is -0.131. The number of amides is 1. The van der Waals surface area contributed by atoms with Crippen LogP contribution in [-0.2, 0) is 11.3 Å². The van der Waals surface area contributed by atoms with Gasteiger partial charge in [-0.05, 0) is 23.3 Å². The fourth-order valence-electron chi connectivity index (χ4n) is 2.50. The van der Waals surface area contributed by atoms with Crippen LogP contribution in [0.5, 0.6) is 11.5 Å². The Morgan fingerprint density at radius 1 is 1.26 bits per heavy atom. The summed E-state index contributed by atoms with van der Waals surface area (Å²) in [6, 6.07) is 14.6. The van der Waals surface area contributed by atoms with Gasteiger partial charge in [-0.1, -0.05) is 36.4 Å². The quantitative estimate of drug-likeness (QED) is 0.856. The Morgan fingerprint density at radius 2 is 1.96 bits per heavy atom. The molecule has 0 fully saturated rings. The van der Waals surface area contributed by atoms with Gasteiger partial charge in [-0.25, -0.2) is 0 Å². The Hall–Kier alpha value is -2.53. The summed E-state index contributed by atoms with van der Waals surface area (Å²) in [5.74, 6) is 0.0714. The van der Waals surface area contributed by atoms with Crippen molar-refractivity contribution in [1.82, 2.24) is 4.90 Å². The predicted molar refractivity (Wildman–Crippen MR) is 89.4 cm³/mol. The Morgan fingerprint density at radius 3 is 2.57 bits per heavy atom. The maximum atomic E-state index is 12.7. The molecule has 0 saturated heterocycles. The number of rotatable bonds is 6. The third kappa shape index (κ3) is 4.02. The van der Waals surface area contributed by atoms with E-state index in [0.717, 1.165) is 11.1 Å². The monoisotopic (exact) mass is 314 g/mol. The molecule has 2 rings (SSSR count). The number of nitrogens with zero attached hydrogens (tertiary/aromatic N) is 1. The third-order valence-electron chi connectivity index (χ3n) is 3.78. The maximum Gasteiger partial charge on any atom is 0.231 e. The maximum absolute atomic E-state index is 12.7. The van der Waals surface area contributed by atoms with E-state index in [4.69, 9.17) is 10.5 Å². The number of nitrogens with two attached hydrogens (primary N) is 1. The number of ether oxygens (including phenoxy) is 1. The predicted octanol–water partition coefficient (Wildman–Crippen LogP) is 2.10. The van der Waals surface area contributed by atoms with Crippen LogP contribution in [0.1, 0.15) is 17.0 Å². The highest BCUT2D eigenvalue weighted by Crippen LogP contribution is 2.27. The van der Waals surface area contributed by atoms with Gasteiger partial charge in [0.25, 0.3) is 0 Å². The molecule has 0 spiro atoms. The van der Waals surface area contributed by atoms with Crippen LogP contribution in [0.25, 0.3) is 0 Å². The Labute approximate surface area is 136 Å². The van der Waals surface area contributed by atoms with Crippen molar-refractivity contribution in [3.8, 4) is 11.5 Å². The van der Waals surface area contributed by atoms with Crippen molar-refractivity contribution in [2.75, 3.05) is 20.7 Å². The molecule has 1 atom stereocenters. The fourth-order valence-corrected chi connectivity index (χ4v) is 2.50. The summed E-state index contributed by atoms with van der Waals surface area (Å²) >= 11 is 0. The van der Waals surface area contributed by atoms with Crippen molar-refractivity contribution in [2.45, 2.75) is 12.5 Å². The number of phenols is 1. The van der Waals surface area contributed by atoms with Gasteiger partial charge in [-0.15, -0.1) is 0 Å². The zero-order valence-corrected chi connectivity index (χ0v) is 13.4. The van der Waals surface area contributed by atoms with Crippen molar-refractivity contribution in [3.05, 3.63) is 59.7 Å². The number of methoxy groups -OCH3 is 1. The molecule has 5 nitrogen and oxygen atoms in total. The number of phenolic OH excluding ortho intramolecular Hbond substituents is 1. The van der Waals surface area contributed by atoms with E-state index in [1.165, 1.54) is 7.11 Å². The lowest BCUT2D eigenvalue weighted by Gasteiger charge is -2.23. The van der Waals surface area contributed by atoms with Crippen LogP contribution < -0.4 is 10.5 Å². The normalized spacial score (nSPS) is 11.8. The summed E-state index contributed by atoms with van der Waals surface area (Å²) in [6.07, 6.45) is 0. The fraction of sp³-hybridized carbons (Fsp3) is 0.278. The molecular formula is C18H22N2O3. The molecule has 122 valence electrons. The summed E-state index contributed by atoms with van der Waals surface area (Å²) in [4.78, 5) is 14.3. The van der Waals surface area contributed by atoms with Gasteiger partial charge in [0, 0.05) is 20.1 Å². The highest BCUT2D eigenvalue weighted by atomic mass is 16.5. The van der Waals surface area contributed by atoms with Gasteiger partial charge in [0.05, 0.1) is 13.0 Å². The van der Waals surface area contributed by atoms with E-state index in [0.29, 0.717) is 12.3 Å². The summed E-state index contributed by atoms with van der Waals surface area (Å²) in [5.41, 5.74) is 7.59. The molecule has 2 aromatic carbocycles. The van der Waals surface area contributed by atoms with Crippen molar-refractivity contribution in [2.24, 2.45) is 5.73 Å². The van der Waals surface area contributed by atoms with E-state index in [1.807, 2.05) is 30.3 Å². The first-order valence-corrected chi connectivity index (χ1v) is 7.42. The highest BCUT2D eigenvalue weighted by Gasteiger charge is 2.22. The molecule has 0 aliphatic heterocycles. The average Bonchev–Trinajstić information content (AvgIpc) is 2.58. The van der Waals surface area contributed by atoms with Crippen molar-refractivity contribution < 1.29 is 14.6 Å². The molecular weight excluding hydrogens is 292 g/mol. The Kier molecular flexibility index (Phi) is 5.60. The molecule has 3 N–H and O–H groups in total. The standard InChI is InChI=1S/C18H22N2O3/c1-20(12-13-8-9-16(21)17(10-13)23-2)18(22)15(11-19)14-6-4-3-5-7-14/h3-10,15,21H,11-12,19H2,1-2H3. The van der Waals surface area contributed by atoms with Crippen molar-refractivity contribution in [1.29, 1.82) is 0 Å². The molecule has 5 heteroatoms. The van der Waals surface area contributed by atoms with E-state index < -0.39 is 0 Å².